The van der Waals surface area contributed by atoms with Gasteiger partial charge in [-0.25, -0.2) is 8.78 Å². The maximum atomic E-state index is 13.4. The first-order valence-electron chi connectivity index (χ1n) is 6.35. The van der Waals surface area contributed by atoms with E-state index in [2.05, 4.69) is 5.32 Å². The predicted molar refractivity (Wildman–Crippen MR) is 75.6 cm³/mol. The summed E-state index contributed by atoms with van der Waals surface area (Å²) in [4.78, 5) is 0. The summed E-state index contributed by atoms with van der Waals surface area (Å²) < 4.78 is 26.7. The van der Waals surface area contributed by atoms with Crippen molar-refractivity contribution in [1.82, 2.24) is 0 Å². The molecule has 1 atom stereocenters. The van der Waals surface area contributed by atoms with Crippen molar-refractivity contribution in [3.8, 4) is 0 Å². The van der Waals surface area contributed by atoms with Crippen LogP contribution in [0.2, 0.25) is 0 Å². The average molecular weight is 277 g/mol. The van der Waals surface area contributed by atoms with Gasteiger partial charge in [0.2, 0.25) is 0 Å². The van der Waals surface area contributed by atoms with E-state index in [-0.39, 0.29) is 18.2 Å². The molecule has 4 heteroatoms. The van der Waals surface area contributed by atoms with E-state index in [9.17, 15) is 13.9 Å². The van der Waals surface area contributed by atoms with Crippen LogP contribution >= 0.6 is 0 Å². The van der Waals surface area contributed by atoms with Crippen LogP contribution in [0.25, 0.3) is 0 Å². The van der Waals surface area contributed by atoms with Crippen molar-refractivity contribution < 1.29 is 13.9 Å². The van der Waals surface area contributed by atoms with Gasteiger partial charge in [-0.3, -0.25) is 0 Å². The summed E-state index contributed by atoms with van der Waals surface area (Å²) >= 11 is 0. The minimum Gasteiger partial charge on any atom is -0.394 e. The Labute approximate surface area is 117 Å². The Kier molecular flexibility index (Phi) is 4.04. The number of aliphatic hydroxyl groups excluding tert-OH is 1. The molecule has 20 heavy (non-hydrogen) atoms. The maximum Gasteiger partial charge on any atom is 0.125 e. The second-order valence-electron chi connectivity index (χ2n) is 5.14. The maximum absolute atomic E-state index is 13.4. The number of anilines is 1. The highest BCUT2D eigenvalue weighted by molar-refractivity contribution is 5.50. The van der Waals surface area contributed by atoms with Crippen molar-refractivity contribution in [1.29, 1.82) is 0 Å². The zero-order valence-corrected chi connectivity index (χ0v) is 11.5. The van der Waals surface area contributed by atoms with Crippen LogP contribution in [0.15, 0.2) is 42.5 Å². The molecule has 0 aliphatic rings. The summed E-state index contributed by atoms with van der Waals surface area (Å²) in [5, 5.41) is 12.7. The monoisotopic (exact) mass is 277 g/mol. The first-order chi connectivity index (χ1) is 9.43. The lowest BCUT2D eigenvalue weighted by atomic mass is 9.92. The van der Waals surface area contributed by atoms with Gasteiger partial charge in [0.25, 0.3) is 0 Å². The molecule has 0 spiro atoms. The van der Waals surface area contributed by atoms with Crippen molar-refractivity contribution in [2.24, 2.45) is 0 Å². The van der Waals surface area contributed by atoms with Gasteiger partial charge < -0.3 is 10.4 Å². The smallest absolute Gasteiger partial charge is 0.125 e. The van der Waals surface area contributed by atoms with Gasteiger partial charge in [-0.2, -0.15) is 0 Å². The van der Waals surface area contributed by atoms with E-state index in [1.54, 1.807) is 32.0 Å². The number of nitrogens with one attached hydrogen (secondary N) is 1. The number of aliphatic hydroxyl groups is 1. The third-order valence-corrected chi connectivity index (χ3v) is 3.24. The van der Waals surface area contributed by atoms with Crippen LogP contribution in [-0.4, -0.2) is 11.7 Å². The van der Waals surface area contributed by atoms with Gasteiger partial charge in [0.15, 0.2) is 0 Å². The van der Waals surface area contributed by atoms with Crippen LogP contribution in [-0.2, 0) is 5.54 Å². The number of hydrogen-bond donors (Lipinski definition) is 2. The lowest BCUT2D eigenvalue weighted by Gasteiger charge is -2.30. The first kappa shape index (κ1) is 14.5. The van der Waals surface area contributed by atoms with Gasteiger partial charge in [0.1, 0.15) is 11.6 Å². The number of benzene rings is 2. The Morgan fingerprint density at radius 3 is 2.45 bits per heavy atom. The summed E-state index contributed by atoms with van der Waals surface area (Å²) in [7, 11) is 0. The number of rotatable bonds is 4. The molecule has 2 nitrogen and oxygen atoms in total. The second-order valence-corrected chi connectivity index (χ2v) is 5.14. The highest BCUT2D eigenvalue weighted by atomic mass is 19.1. The fraction of sp³-hybridized carbons (Fsp3) is 0.250. The van der Waals surface area contributed by atoms with E-state index in [4.69, 9.17) is 0 Å². The van der Waals surface area contributed by atoms with Crippen molar-refractivity contribution >= 4 is 5.69 Å². The fourth-order valence-electron chi connectivity index (χ4n) is 2.16. The second kappa shape index (κ2) is 5.59. The molecule has 106 valence electrons. The topological polar surface area (TPSA) is 32.3 Å². The van der Waals surface area contributed by atoms with Crippen molar-refractivity contribution in [3.63, 3.8) is 0 Å². The Balaban J connectivity index is 2.36. The summed E-state index contributed by atoms with van der Waals surface area (Å²) in [6, 6.07) is 10.5. The molecule has 2 N–H and O–H groups in total. The third-order valence-electron chi connectivity index (χ3n) is 3.24. The van der Waals surface area contributed by atoms with E-state index in [1.165, 1.54) is 24.3 Å². The quantitative estimate of drug-likeness (QED) is 0.895. The van der Waals surface area contributed by atoms with E-state index >= 15 is 0 Å². The molecule has 1 unspecified atom stereocenters. The SMILES string of the molecule is Cc1cc(F)cc(NC(C)(CO)c2cccc(F)c2)c1. The molecule has 0 amide bonds. The number of hydrogen-bond acceptors (Lipinski definition) is 2. The van der Waals surface area contributed by atoms with Crippen LogP contribution in [0.4, 0.5) is 14.5 Å². The number of aryl methyl sites for hydroxylation is 1. The minimum atomic E-state index is -0.887. The first-order valence-corrected chi connectivity index (χ1v) is 6.35. The van der Waals surface area contributed by atoms with E-state index < -0.39 is 5.54 Å². The molecule has 0 aliphatic carbocycles. The van der Waals surface area contributed by atoms with Crippen LogP contribution in [0.3, 0.4) is 0 Å². The van der Waals surface area contributed by atoms with Gasteiger partial charge in [-0.05, 0) is 55.3 Å². The summed E-state index contributed by atoms with van der Waals surface area (Å²) in [5.41, 5.74) is 1.03. The molecular formula is C16H17F2NO. The van der Waals surface area contributed by atoms with Gasteiger partial charge >= 0.3 is 0 Å². The summed E-state index contributed by atoms with van der Waals surface area (Å²) in [6.45, 7) is 3.28. The summed E-state index contributed by atoms with van der Waals surface area (Å²) in [5.74, 6) is -0.730. The zero-order valence-electron chi connectivity index (χ0n) is 11.5. The molecule has 0 aliphatic heterocycles. The molecule has 0 saturated carbocycles. The molecule has 0 radical (unpaired) electrons. The third kappa shape index (κ3) is 3.14. The van der Waals surface area contributed by atoms with Crippen LogP contribution in [0, 0.1) is 18.6 Å². The highest BCUT2D eigenvalue weighted by Crippen LogP contribution is 2.27. The molecular weight excluding hydrogens is 260 g/mol. The molecule has 2 aromatic carbocycles. The largest absolute Gasteiger partial charge is 0.394 e. The van der Waals surface area contributed by atoms with Crippen molar-refractivity contribution in [3.05, 3.63) is 65.2 Å². The van der Waals surface area contributed by atoms with Gasteiger partial charge in [0.05, 0.1) is 12.1 Å². The Hall–Kier alpha value is -1.94. The standard InChI is InChI=1S/C16H17F2NO/c1-11-6-14(18)9-15(7-11)19-16(2,10-20)12-4-3-5-13(17)8-12/h3-9,19-20H,10H2,1-2H3. The van der Waals surface area contributed by atoms with Crippen LogP contribution < -0.4 is 5.32 Å². The van der Waals surface area contributed by atoms with Gasteiger partial charge in [-0.15, -0.1) is 0 Å². The van der Waals surface area contributed by atoms with Crippen LogP contribution in [0.1, 0.15) is 18.1 Å². The average Bonchev–Trinajstić information content (AvgIpc) is 2.37. The van der Waals surface area contributed by atoms with Crippen LogP contribution in [0.5, 0.6) is 0 Å². The van der Waals surface area contributed by atoms with Gasteiger partial charge in [0, 0.05) is 5.69 Å². The zero-order chi connectivity index (χ0) is 14.8. The van der Waals surface area contributed by atoms with E-state index in [0.717, 1.165) is 5.56 Å². The van der Waals surface area contributed by atoms with Gasteiger partial charge in [-0.1, -0.05) is 12.1 Å². The predicted octanol–water partition coefficient (Wildman–Crippen LogP) is 3.59. The Morgan fingerprint density at radius 1 is 1.10 bits per heavy atom. The molecule has 2 aromatic rings. The normalized spacial score (nSPS) is 13.8. The molecule has 0 aromatic heterocycles. The van der Waals surface area contributed by atoms with Crippen molar-refractivity contribution in [2.45, 2.75) is 19.4 Å². The summed E-state index contributed by atoms with van der Waals surface area (Å²) in [6.07, 6.45) is 0. The lowest BCUT2D eigenvalue weighted by Crippen LogP contribution is -2.36. The molecule has 0 saturated heterocycles. The van der Waals surface area contributed by atoms with E-state index in [1.807, 2.05) is 0 Å². The Morgan fingerprint density at radius 2 is 1.85 bits per heavy atom. The molecule has 0 fully saturated rings. The minimum absolute atomic E-state index is 0.244. The Bertz CT molecular complexity index is 595. The number of halogens is 2. The highest BCUT2D eigenvalue weighted by Gasteiger charge is 2.26. The molecule has 0 heterocycles. The van der Waals surface area contributed by atoms with E-state index in [0.29, 0.717) is 11.3 Å². The van der Waals surface area contributed by atoms with Crippen molar-refractivity contribution in [2.75, 3.05) is 11.9 Å². The fourth-order valence-corrected chi connectivity index (χ4v) is 2.16. The molecule has 0 bridgehead atoms. The lowest BCUT2D eigenvalue weighted by molar-refractivity contribution is 0.223. The molecule has 2 rings (SSSR count).